The van der Waals surface area contributed by atoms with Crippen LogP contribution >= 0.6 is 0 Å². The Balaban J connectivity index is 3.40. The number of ether oxygens (including phenoxy) is 1. The zero-order valence-corrected chi connectivity index (χ0v) is 23.3. The standard InChI is InChI=1S/C28H46N4O5/c1-7-8-9-10-14-19-32(24(25(34)30-20(2)3)21-15-12-11-13-16-21)26(35)22(17-18-23(29)33)31-27(36)37-28(4,5)6/h11-13,15-16,20,22,24H,7-10,14,17-19H2,1-6H3,(H2,29,33)(H,30,34)(H,31,36). The van der Waals surface area contributed by atoms with Gasteiger partial charge in [0.15, 0.2) is 0 Å². The van der Waals surface area contributed by atoms with E-state index < -0.39 is 35.6 Å². The molecule has 0 bridgehead atoms. The molecule has 9 heteroatoms. The van der Waals surface area contributed by atoms with Crippen LogP contribution in [0.15, 0.2) is 30.3 Å². The van der Waals surface area contributed by atoms with E-state index in [4.69, 9.17) is 10.5 Å². The van der Waals surface area contributed by atoms with E-state index in [-0.39, 0.29) is 24.8 Å². The molecule has 208 valence electrons. The Morgan fingerprint density at radius 3 is 2.14 bits per heavy atom. The highest BCUT2D eigenvalue weighted by molar-refractivity contribution is 5.92. The van der Waals surface area contributed by atoms with Crippen LogP contribution in [0.2, 0.25) is 0 Å². The highest BCUT2D eigenvalue weighted by Crippen LogP contribution is 2.24. The lowest BCUT2D eigenvalue weighted by Gasteiger charge is -2.35. The summed E-state index contributed by atoms with van der Waals surface area (Å²) in [7, 11) is 0. The van der Waals surface area contributed by atoms with Gasteiger partial charge in [-0.2, -0.15) is 0 Å². The number of carbonyl (C=O) groups excluding carboxylic acids is 4. The highest BCUT2D eigenvalue weighted by Gasteiger charge is 2.36. The van der Waals surface area contributed by atoms with Crippen molar-refractivity contribution >= 4 is 23.8 Å². The van der Waals surface area contributed by atoms with Gasteiger partial charge in [-0.1, -0.05) is 62.9 Å². The number of hydrogen-bond donors (Lipinski definition) is 3. The maximum absolute atomic E-state index is 14.0. The van der Waals surface area contributed by atoms with Gasteiger partial charge in [0.05, 0.1) is 0 Å². The first-order valence-corrected chi connectivity index (χ1v) is 13.3. The summed E-state index contributed by atoms with van der Waals surface area (Å²) in [5, 5.41) is 5.54. The van der Waals surface area contributed by atoms with Crippen molar-refractivity contribution < 1.29 is 23.9 Å². The van der Waals surface area contributed by atoms with Gasteiger partial charge in [-0.25, -0.2) is 4.79 Å². The molecule has 4 N–H and O–H groups in total. The molecule has 0 aliphatic carbocycles. The lowest BCUT2D eigenvalue weighted by atomic mass is 10.0. The smallest absolute Gasteiger partial charge is 0.408 e. The summed E-state index contributed by atoms with van der Waals surface area (Å²) < 4.78 is 5.36. The van der Waals surface area contributed by atoms with Crippen LogP contribution in [0, 0.1) is 0 Å². The lowest BCUT2D eigenvalue weighted by molar-refractivity contribution is -0.143. The number of nitrogens with one attached hydrogen (secondary N) is 2. The fraction of sp³-hybridized carbons (Fsp3) is 0.643. The van der Waals surface area contributed by atoms with Crippen molar-refractivity contribution in [3.8, 4) is 0 Å². The fourth-order valence-electron chi connectivity index (χ4n) is 3.92. The van der Waals surface area contributed by atoms with Gasteiger partial charge >= 0.3 is 6.09 Å². The summed E-state index contributed by atoms with van der Waals surface area (Å²) in [5.74, 6) is -1.36. The number of benzene rings is 1. The van der Waals surface area contributed by atoms with E-state index in [1.807, 2.05) is 44.2 Å². The van der Waals surface area contributed by atoms with Crippen LogP contribution in [0.5, 0.6) is 0 Å². The van der Waals surface area contributed by atoms with E-state index in [2.05, 4.69) is 17.6 Å². The van der Waals surface area contributed by atoms with Crippen molar-refractivity contribution in [3.05, 3.63) is 35.9 Å². The summed E-state index contributed by atoms with van der Waals surface area (Å²) >= 11 is 0. The Hall–Kier alpha value is -3.10. The second kappa shape index (κ2) is 15.9. The molecule has 37 heavy (non-hydrogen) atoms. The summed E-state index contributed by atoms with van der Waals surface area (Å²) in [4.78, 5) is 53.1. The molecule has 2 atom stereocenters. The number of hydrogen-bond acceptors (Lipinski definition) is 5. The maximum Gasteiger partial charge on any atom is 0.408 e. The SMILES string of the molecule is CCCCCCCN(C(=O)C(CCC(N)=O)NC(=O)OC(C)(C)C)C(C(=O)NC(C)C)c1ccccc1. The van der Waals surface area contributed by atoms with Crippen molar-refractivity contribution in [1.82, 2.24) is 15.5 Å². The van der Waals surface area contributed by atoms with Gasteiger partial charge in [-0.3, -0.25) is 14.4 Å². The average Bonchev–Trinajstić information content (AvgIpc) is 2.79. The van der Waals surface area contributed by atoms with Crippen LogP contribution < -0.4 is 16.4 Å². The van der Waals surface area contributed by atoms with E-state index in [9.17, 15) is 19.2 Å². The Morgan fingerprint density at radius 1 is 0.973 bits per heavy atom. The van der Waals surface area contributed by atoms with Crippen molar-refractivity contribution in [2.24, 2.45) is 5.73 Å². The third kappa shape index (κ3) is 12.6. The minimum atomic E-state index is -1.09. The van der Waals surface area contributed by atoms with Gasteiger partial charge in [-0.15, -0.1) is 0 Å². The third-order valence-electron chi connectivity index (χ3n) is 5.56. The normalized spacial score (nSPS) is 12.9. The second-order valence-corrected chi connectivity index (χ2v) is 10.6. The highest BCUT2D eigenvalue weighted by atomic mass is 16.6. The summed E-state index contributed by atoms with van der Waals surface area (Å²) in [6.07, 6.45) is 3.90. The van der Waals surface area contributed by atoms with Gasteiger partial charge in [0.2, 0.25) is 17.7 Å². The zero-order chi connectivity index (χ0) is 28.0. The summed E-state index contributed by atoms with van der Waals surface area (Å²) in [5.41, 5.74) is 5.25. The lowest BCUT2D eigenvalue weighted by Crippen LogP contribution is -2.54. The number of amides is 4. The number of unbranched alkanes of at least 4 members (excludes halogenated alkanes) is 4. The number of alkyl carbamates (subject to hydrolysis) is 1. The number of rotatable bonds is 15. The summed E-state index contributed by atoms with van der Waals surface area (Å²) in [6.45, 7) is 11.3. The van der Waals surface area contributed by atoms with Gasteiger partial charge in [0.1, 0.15) is 17.7 Å². The number of primary amides is 1. The van der Waals surface area contributed by atoms with E-state index in [0.29, 0.717) is 18.5 Å². The molecule has 0 radical (unpaired) electrons. The summed E-state index contributed by atoms with van der Waals surface area (Å²) in [6, 6.07) is 6.97. The van der Waals surface area contributed by atoms with E-state index in [1.54, 1.807) is 20.8 Å². The topological polar surface area (TPSA) is 131 Å². The molecule has 9 nitrogen and oxygen atoms in total. The molecule has 0 aliphatic heterocycles. The number of nitrogens with zero attached hydrogens (tertiary/aromatic N) is 1. The Kier molecular flexibility index (Phi) is 13.7. The largest absolute Gasteiger partial charge is 0.444 e. The first kappa shape index (κ1) is 31.9. The van der Waals surface area contributed by atoms with E-state index in [0.717, 1.165) is 25.7 Å². The van der Waals surface area contributed by atoms with Crippen molar-refractivity contribution in [2.45, 2.75) is 110 Å². The van der Waals surface area contributed by atoms with Crippen LogP contribution in [0.25, 0.3) is 0 Å². The van der Waals surface area contributed by atoms with Crippen molar-refractivity contribution in [1.29, 1.82) is 0 Å². The predicted molar refractivity (Wildman–Crippen MR) is 145 cm³/mol. The quantitative estimate of drug-likeness (QED) is 0.299. The molecular weight excluding hydrogens is 472 g/mol. The molecule has 0 heterocycles. The molecule has 1 aromatic rings. The first-order valence-electron chi connectivity index (χ1n) is 13.3. The van der Waals surface area contributed by atoms with Crippen LogP contribution in [0.3, 0.4) is 0 Å². The van der Waals surface area contributed by atoms with Crippen LogP contribution in [-0.2, 0) is 19.1 Å². The van der Waals surface area contributed by atoms with E-state index >= 15 is 0 Å². The Labute approximate surface area is 221 Å². The average molecular weight is 519 g/mol. The number of nitrogens with two attached hydrogens (primary N) is 1. The van der Waals surface area contributed by atoms with Crippen LogP contribution in [0.4, 0.5) is 4.79 Å². The first-order chi connectivity index (χ1) is 17.4. The monoisotopic (exact) mass is 518 g/mol. The molecule has 4 amide bonds. The molecular formula is C28H46N4O5. The zero-order valence-electron chi connectivity index (χ0n) is 23.3. The predicted octanol–water partition coefficient (Wildman–Crippen LogP) is 4.21. The van der Waals surface area contributed by atoms with Crippen LogP contribution in [0.1, 0.15) is 98.1 Å². The number of carbonyl (C=O) groups is 4. The maximum atomic E-state index is 14.0. The Bertz CT molecular complexity index is 867. The van der Waals surface area contributed by atoms with Crippen molar-refractivity contribution in [2.75, 3.05) is 6.54 Å². The van der Waals surface area contributed by atoms with Crippen molar-refractivity contribution in [3.63, 3.8) is 0 Å². The van der Waals surface area contributed by atoms with Gasteiger partial charge in [0.25, 0.3) is 0 Å². The molecule has 1 rings (SSSR count). The van der Waals surface area contributed by atoms with Crippen LogP contribution in [-0.4, -0.2) is 52.9 Å². The fourth-order valence-corrected chi connectivity index (χ4v) is 3.92. The van der Waals surface area contributed by atoms with Gasteiger partial charge in [0, 0.05) is 19.0 Å². The molecule has 2 unspecified atom stereocenters. The molecule has 0 fully saturated rings. The second-order valence-electron chi connectivity index (χ2n) is 10.6. The van der Waals surface area contributed by atoms with E-state index in [1.165, 1.54) is 4.90 Å². The molecule has 0 aromatic heterocycles. The third-order valence-corrected chi connectivity index (χ3v) is 5.56. The Morgan fingerprint density at radius 2 is 1.59 bits per heavy atom. The van der Waals surface area contributed by atoms with Gasteiger partial charge < -0.3 is 26.0 Å². The molecule has 0 saturated carbocycles. The molecule has 1 aromatic carbocycles. The molecule has 0 spiro atoms. The molecule has 0 aliphatic rings. The molecule has 0 saturated heterocycles. The minimum absolute atomic E-state index is 0.00689. The van der Waals surface area contributed by atoms with Gasteiger partial charge in [-0.05, 0) is 53.0 Å². The minimum Gasteiger partial charge on any atom is -0.444 e.